The molecule has 0 bridgehead atoms. The minimum Gasteiger partial charge on any atom is -0.462 e. The number of hydrogen-bond acceptors (Lipinski definition) is 5. The number of rotatable bonds is 6. The highest BCUT2D eigenvalue weighted by atomic mass is 32.2. The largest absolute Gasteiger partial charge is 0.462 e. The molecule has 0 saturated carbocycles. The third-order valence-electron chi connectivity index (χ3n) is 2.76. The van der Waals surface area contributed by atoms with Crippen molar-refractivity contribution in [1.29, 1.82) is 5.26 Å². The van der Waals surface area contributed by atoms with Crippen molar-refractivity contribution in [2.45, 2.75) is 32.1 Å². The standard InChI is InChI=1S/C14H17NO4S/c1-3-11(2)19-14(16)10-20(17,18)9-13-7-5-4-6-12(13)8-15/h4-7,11H,3,9-10H2,1-2H3. The van der Waals surface area contributed by atoms with Gasteiger partial charge in [0.1, 0.15) is 5.75 Å². The Hall–Kier alpha value is -1.87. The Labute approximate surface area is 119 Å². The Morgan fingerprint density at radius 3 is 2.65 bits per heavy atom. The van der Waals surface area contributed by atoms with Crippen LogP contribution in [0.3, 0.4) is 0 Å². The van der Waals surface area contributed by atoms with Crippen LogP contribution in [0.5, 0.6) is 0 Å². The first-order valence-electron chi connectivity index (χ1n) is 6.26. The maximum Gasteiger partial charge on any atom is 0.321 e. The number of carbonyl (C=O) groups is 1. The number of nitrogens with zero attached hydrogens (tertiary/aromatic N) is 1. The molecule has 0 fully saturated rings. The molecular weight excluding hydrogens is 278 g/mol. The smallest absolute Gasteiger partial charge is 0.321 e. The van der Waals surface area contributed by atoms with Crippen LogP contribution in [0.1, 0.15) is 31.4 Å². The van der Waals surface area contributed by atoms with E-state index in [9.17, 15) is 13.2 Å². The van der Waals surface area contributed by atoms with Crippen LogP contribution in [0.4, 0.5) is 0 Å². The minimum atomic E-state index is -3.65. The monoisotopic (exact) mass is 295 g/mol. The first kappa shape index (κ1) is 16.2. The Morgan fingerprint density at radius 1 is 1.40 bits per heavy atom. The molecule has 0 amide bonds. The van der Waals surface area contributed by atoms with Crippen molar-refractivity contribution in [3.05, 3.63) is 35.4 Å². The van der Waals surface area contributed by atoms with Gasteiger partial charge in [0.25, 0.3) is 0 Å². The summed E-state index contributed by atoms with van der Waals surface area (Å²) in [5, 5.41) is 8.91. The maximum absolute atomic E-state index is 11.9. The number of esters is 1. The molecule has 0 saturated heterocycles. The van der Waals surface area contributed by atoms with E-state index in [1.54, 1.807) is 31.2 Å². The predicted octanol–water partition coefficient (Wildman–Crippen LogP) is 1.81. The summed E-state index contributed by atoms with van der Waals surface area (Å²) in [7, 11) is -3.65. The van der Waals surface area contributed by atoms with Crippen LogP contribution >= 0.6 is 0 Å². The zero-order chi connectivity index (χ0) is 15.2. The average Bonchev–Trinajstić information content (AvgIpc) is 2.37. The van der Waals surface area contributed by atoms with Gasteiger partial charge < -0.3 is 4.74 Å². The molecule has 0 aromatic heterocycles. The van der Waals surface area contributed by atoms with Gasteiger partial charge in [-0.1, -0.05) is 25.1 Å². The molecule has 1 aromatic carbocycles. The Bertz CT molecular complexity index is 616. The van der Waals surface area contributed by atoms with Gasteiger partial charge in [-0.25, -0.2) is 8.42 Å². The molecule has 5 nitrogen and oxygen atoms in total. The van der Waals surface area contributed by atoms with Crippen LogP contribution in [0.2, 0.25) is 0 Å². The molecular formula is C14H17NO4S. The van der Waals surface area contributed by atoms with Crippen LogP contribution < -0.4 is 0 Å². The number of hydrogen-bond donors (Lipinski definition) is 0. The van der Waals surface area contributed by atoms with Crippen LogP contribution in [0.25, 0.3) is 0 Å². The summed E-state index contributed by atoms with van der Waals surface area (Å²) in [5.41, 5.74) is 0.692. The van der Waals surface area contributed by atoms with Gasteiger partial charge in [0.15, 0.2) is 9.84 Å². The van der Waals surface area contributed by atoms with Gasteiger partial charge >= 0.3 is 5.97 Å². The minimum absolute atomic E-state index is 0.298. The fourth-order valence-corrected chi connectivity index (χ4v) is 2.82. The summed E-state index contributed by atoms with van der Waals surface area (Å²) in [5.74, 6) is -1.77. The van der Waals surface area contributed by atoms with Crippen LogP contribution in [-0.4, -0.2) is 26.2 Å². The first-order valence-corrected chi connectivity index (χ1v) is 8.08. The van der Waals surface area contributed by atoms with Crippen molar-refractivity contribution >= 4 is 15.8 Å². The number of ether oxygens (including phenoxy) is 1. The molecule has 1 atom stereocenters. The van der Waals surface area contributed by atoms with Gasteiger partial charge in [-0.3, -0.25) is 4.79 Å². The summed E-state index contributed by atoms with van der Waals surface area (Å²) in [4.78, 5) is 11.5. The Kier molecular flexibility index (Phi) is 5.71. The van der Waals surface area contributed by atoms with Crippen molar-refractivity contribution in [2.24, 2.45) is 0 Å². The third-order valence-corrected chi connectivity index (χ3v) is 4.18. The second-order valence-corrected chi connectivity index (χ2v) is 6.57. The van der Waals surface area contributed by atoms with Gasteiger partial charge in [-0.15, -0.1) is 0 Å². The Balaban J connectivity index is 2.76. The lowest BCUT2D eigenvalue weighted by Crippen LogP contribution is -2.23. The van der Waals surface area contributed by atoms with Gasteiger partial charge in [-0.05, 0) is 25.0 Å². The van der Waals surface area contributed by atoms with Gasteiger partial charge in [0.2, 0.25) is 0 Å². The number of carbonyl (C=O) groups excluding carboxylic acids is 1. The van der Waals surface area contributed by atoms with Gasteiger partial charge in [0, 0.05) is 0 Å². The zero-order valence-corrected chi connectivity index (χ0v) is 12.3. The molecule has 0 heterocycles. The number of benzene rings is 1. The lowest BCUT2D eigenvalue weighted by molar-refractivity contribution is -0.145. The van der Waals surface area contributed by atoms with E-state index in [2.05, 4.69) is 0 Å². The zero-order valence-electron chi connectivity index (χ0n) is 11.5. The highest BCUT2D eigenvalue weighted by molar-refractivity contribution is 7.91. The number of sulfone groups is 1. The van der Waals surface area contributed by atoms with Gasteiger partial charge in [0.05, 0.1) is 23.5 Å². The van der Waals surface area contributed by atoms with E-state index in [4.69, 9.17) is 10.00 Å². The fourth-order valence-electron chi connectivity index (χ4n) is 1.56. The number of nitriles is 1. The van der Waals surface area contributed by atoms with E-state index >= 15 is 0 Å². The SMILES string of the molecule is CCC(C)OC(=O)CS(=O)(=O)Cc1ccccc1C#N. The molecule has 1 aromatic rings. The lowest BCUT2D eigenvalue weighted by atomic mass is 10.1. The van der Waals surface area contributed by atoms with E-state index in [0.29, 0.717) is 17.5 Å². The van der Waals surface area contributed by atoms with Crippen LogP contribution in [0.15, 0.2) is 24.3 Å². The molecule has 1 rings (SSSR count). The summed E-state index contributed by atoms with van der Waals surface area (Å²) < 4.78 is 28.8. The van der Waals surface area contributed by atoms with Crippen molar-refractivity contribution < 1.29 is 17.9 Å². The summed E-state index contributed by atoms with van der Waals surface area (Å²) in [6.45, 7) is 3.55. The third kappa shape index (κ3) is 5.02. The predicted molar refractivity (Wildman–Crippen MR) is 74.5 cm³/mol. The van der Waals surface area contributed by atoms with E-state index in [1.165, 1.54) is 0 Å². The fraction of sp³-hybridized carbons (Fsp3) is 0.429. The molecule has 0 aliphatic rings. The lowest BCUT2D eigenvalue weighted by Gasteiger charge is -2.11. The molecule has 0 spiro atoms. The second kappa shape index (κ2) is 7.06. The van der Waals surface area contributed by atoms with E-state index in [-0.39, 0.29) is 11.9 Å². The molecule has 0 radical (unpaired) electrons. The van der Waals surface area contributed by atoms with Crippen LogP contribution in [0, 0.1) is 11.3 Å². The summed E-state index contributed by atoms with van der Waals surface area (Å²) in [6, 6.07) is 8.36. The summed E-state index contributed by atoms with van der Waals surface area (Å²) >= 11 is 0. The van der Waals surface area contributed by atoms with E-state index < -0.39 is 21.6 Å². The van der Waals surface area contributed by atoms with Crippen molar-refractivity contribution in [2.75, 3.05) is 5.75 Å². The van der Waals surface area contributed by atoms with Crippen molar-refractivity contribution in [3.63, 3.8) is 0 Å². The van der Waals surface area contributed by atoms with Crippen LogP contribution in [-0.2, 0) is 25.1 Å². The molecule has 6 heteroatoms. The average molecular weight is 295 g/mol. The first-order chi connectivity index (χ1) is 9.38. The molecule has 20 heavy (non-hydrogen) atoms. The molecule has 0 aliphatic carbocycles. The highest BCUT2D eigenvalue weighted by Gasteiger charge is 2.21. The van der Waals surface area contributed by atoms with Crippen molar-refractivity contribution in [3.8, 4) is 6.07 Å². The second-order valence-electron chi connectivity index (χ2n) is 4.51. The topological polar surface area (TPSA) is 84.2 Å². The van der Waals surface area contributed by atoms with Crippen molar-refractivity contribution in [1.82, 2.24) is 0 Å². The highest BCUT2D eigenvalue weighted by Crippen LogP contribution is 2.12. The van der Waals surface area contributed by atoms with Gasteiger partial charge in [-0.2, -0.15) is 5.26 Å². The normalized spacial score (nSPS) is 12.4. The molecule has 0 aliphatic heterocycles. The summed E-state index contributed by atoms with van der Waals surface area (Å²) in [6.07, 6.45) is 0.326. The molecule has 0 N–H and O–H groups in total. The van der Waals surface area contributed by atoms with E-state index in [0.717, 1.165) is 0 Å². The molecule has 1 unspecified atom stereocenters. The Morgan fingerprint density at radius 2 is 2.05 bits per heavy atom. The van der Waals surface area contributed by atoms with E-state index in [1.807, 2.05) is 13.0 Å². The quantitative estimate of drug-likeness (QED) is 0.747. The molecule has 108 valence electrons. The maximum atomic E-state index is 11.9.